The van der Waals surface area contributed by atoms with Crippen LogP contribution in [0.5, 0.6) is 0 Å². The zero-order valence-electron chi connectivity index (χ0n) is 9.56. The summed E-state index contributed by atoms with van der Waals surface area (Å²) in [6.45, 7) is 0. The fourth-order valence-corrected chi connectivity index (χ4v) is 4.42. The van der Waals surface area contributed by atoms with E-state index in [0.717, 1.165) is 16.7 Å². The van der Waals surface area contributed by atoms with E-state index >= 15 is 0 Å². The van der Waals surface area contributed by atoms with Crippen molar-refractivity contribution in [2.45, 2.75) is 5.32 Å². The number of thiophene rings is 1. The molecule has 0 aliphatic rings. The van der Waals surface area contributed by atoms with Gasteiger partial charge >= 0.3 is 116 Å². The van der Waals surface area contributed by atoms with E-state index in [1.165, 1.54) is 3.78 Å². The number of para-hydroxylation sites is 1. The molecule has 3 nitrogen and oxygen atoms in total. The molecule has 0 radical (unpaired) electrons. The van der Waals surface area contributed by atoms with Gasteiger partial charge in [0, 0.05) is 0 Å². The Bertz CT molecular complexity index is 604. The quantitative estimate of drug-likeness (QED) is 0.687. The van der Waals surface area contributed by atoms with Gasteiger partial charge < -0.3 is 0 Å². The van der Waals surface area contributed by atoms with Gasteiger partial charge in [-0.2, -0.15) is 0 Å². The van der Waals surface area contributed by atoms with Crippen LogP contribution < -0.4 is 3.78 Å². The van der Waals surface area contributed by atoms with Gasteiger partial charge in [0.05, 0.1) is 0 Å². The summed E-state index contributed by atoms with van der Waals surface area (Å²) in [6.07, 6.45) is 2.02. The van der Waals surface area contributed by atoms with Crippen LogP contribution in [-0.2, 0) is 5.32 Å². The molecular weight excluding hydrogens is 309 g/mol. The summed E-state index contributed by atoms with van der Waals surface area (Å²) in [5.74, 6) is 0. The summed E-state index contributed by atoms with van der Waals surface area (Å²) in [7, 11) is 0. The van der Waals surface area contributed by atoms with Crippen LogP contribution in [0.3, 0.4) is 0 Å². The van der Waals surface area contributed by atoms with Gasteiger partial charge in [-0.25, -0.2) is 0 Å². The Morgan fingerprint density at radius 3 is 2.78 bits per heavy atom. The normalized spacial score (nSPS) is 10.7. The van der Waals surface area contributed by atoms with Crippen molar-refractivity contribution < 1.29 is 0 Å². The molecule has 0 saturated carbocycles. The first-order valence-corrected chi connectivity index (χ1v) is 8.49. The van der Waals surface area contributed by atoms with Gasteiger partial charge in [0.25, 0.3) is 0 Å². The minimum atomic E-state index is 0.464. The molecule has 1 aromatic carbocycles. The molecule has 0 spiro atoms. The van der Waals surface area contributed by atoms with Crippen LogP contribution in [0.4, 0.5) is 0 Å². The Labute approximate surface area is 116 Å². The standard InChI is InChI=1S/C13H11N3SSe/c1-2-5-12(6-3-1)16-9-11(14-15-16)10-18-13-7-4-8-17-13/h1-9H,10H2. The first-order chi connectivity index (χ1) is 8.92. The first-order valence-electron chi connectivity index (χ1n) is 5.55. The number of hydrogen-bond acceptors (Lipinski definition) is 3. The van der Waals surface area contributed by atoms with Crippen LogP contribution in [-0.4, -0.2) is 30.0 Å². The minimum absolute atomic E-state index is 0.464. The molecule has 0 aliphatic carbocycles. The number of benzene rings is 1. The second kappa shape index (κ2) is 5.48. The summed E-state index contributed by atoms with van der Waals surface area (Å²) in [5.41, 5.74) is 2.12. The molecule has 0 aliphatic heterocycles. The first kappa shape index (κ1) is 11.7. The van der Waals surface area contributed by atoms with Crippen molar-refractivity contribution in [3.63, 3.8) is 0 Å². The molecule has 2 heterocycles. The zero-order valence-corrected chi connectivity index (χ0v) is 12.1. The summed E-state index contributed by atoms with van der Waals surface area (Å²) in [4.78, 5) is 0. The van der Waals surface area contributed by atoms with E-state index in [2.05, 4.69) is 27.8 Å². The molecule has 0 atom stereocenters. The molecule has 18 heavy (non-hydrogen) atoms. The fraction of sp³-hybridized carbons (Fsp3) is 0.0769. The van der Waals surface area contributed by atoms with Crippen LogP contribution in [0, 0.1) is 0 Å². The van der Waals surface area contributed by atoms with Gasteiger partial charge in [-0.05, 0) is 0 Å². The molecule has 0 fully saturated rings. The van der Waals surface area contributed by atoms with Crippen molar-refractivity contribution in [1.82, 2.24) is 15.0 Å². The third-order valence-electron chi connectivity index (χ3n) is 2.42. The van der Waals surface area contributed by atoms with E-state index in [9.17, 15) is 0 Å². The van der Waals surface area contributed by atoms with Crippen LogP contribution in [0.1, 0.15) is 5.69 Å². The molecule has 0 bridgehead atoms. The molecule has 0 saturated heterocycles. The van der Waals surface area contributed by atoms with E-state index in [1.54, 1.807) is 0 Å². The maximum absolute atomic E-state index is 4.23. The van der Waals surface area contributed by atoms with E-state index in [1.807, 2.05) is 52.5 Å². The summed E-state index contributed by atoms with van der Waals surface area (Å²) in [6, 6.07) is 14.4. The molecule has 2 aromatic heterocycles. The number of aromatic nitrogens is 3. The van der Waals surface area contributed by atoms with E-state index < -0.39 is 0 Å². The predicted octanol–water partition coefficient (Wildman–Crippen LogP) is 1.86. The van der Waals surface area contributed by atoms with Crippen molar-refractivity contribution in [2.24, 2.45) is 0 Å². The third kappa shape index (κ3) is 2.70. The summed E-state index contributed by atoms with van der Waals surface area (Å²) in [5, 5.41) is 11.5. The monoisotopic (exact) mass is 321 g/mol. The van der Waals surface area contributed by atoms with Crippen molar-refractivity contribution in [3.8, 4) is 5.69 Å². The van der Waals surface area contributed by atoms with Gasteiger partial charge in [-0.1, -0.05) is 0 Å². The SMILES string of the molecule is c1ccc(-n2cc(C[Se]c3cccs3)nn2)cc1. The van der Waals surface area contributed by atoms with Crippen LogP contribution in [0.25, 0.3) is 5.69 Å². The Morgan fingerprint density at radius 1 is 1.11 bits per heavy atom. The molecule has 0 unspecified atom stereocenters. The third-order valence-corrected chi connectivity index (χ3v) is 6.10. The van der Waals surface area contributed by atoms with Crippen molar-refractivity contribution >= 4 is 30.1 Å². The average Bonchev–Trinajstić information content (AvgIpc) is 3.09. The number of nitrogens with zero attached hydrogens (tertiary/aromatic N) is 3. The van der Waals surface area contributed by atoms with Crippen molar-refractivity contribution in [1.29, 1.82) is 0 Å². The number of hydrogen-bond donors (Lipinski definition) is 0. The van der Waals surface area contributed by atoms with Gasteiger partial charge in [0.1, 0.15) is 0 Å². The van der Waals surface area contributed by atoms with Gasteiger partial charge in [-0.3, -0.25) is 0 Å². The molecule has 3 aromatic rings. The van der Waals surface area contributed by atoms with E-state index in [-0.39, 0.29) is 0 Å². The zero-order chi connectivity index (χ0) is 12.2. The molecular formula is C13H11N3SSe. The molecule has 3 rings (SSSR count). The van der Waals surface area contributed by atoms with Crippen LogP contribution in [0.15, 0.2) is 54.0 Å². The Morgan fingerprint density at radius 2 is 2.00 bits per heavy atom. The topological polar surface area (TPSA) is 30.7 Å². The van der Waals surface area contributed by atoms with Gasteiger partial charge in [0.2, 0.25) is 0 Å². The van der Waals surface area contributed by atoms with Crippen molar-refractivity contribution in [3.05, 3.63) is 59.7 Å². The molecule has 5 heteroatoms. The molecule has 90 valence electrons. The van der Waals surface area contributed by atoms with Crippen LogP contribution in [0.2, 0.25) is 0 Å². The Hall–Kier alpha value is -1.42. The second-order valence-electron chi connectivity index (χ2n) is 3.71. The Balaban J connectivity index is 1.70. The average molecular weight is 320 g/mol. The van der Waals surface area contributed by atoms with Crippen molar-refractivity contribution in [2.75, 3.05) is 0 Å². The summed E-state index contributed by atoms with van der Waals surface area (Å²) < 4.78 is 3.29. The molecule has 0 amide bonds. The fourth-order valence-electron chi connectivity index (χ4n) is 1.56. The van der Waals surface area contributed by atoms with Crippen LogP contribution >= 0.6 is 11.3 Å². The predicted molar refractivity (Wildman–Crippen MR) is 74.8 cm³/mol. The second-order valence-corrected chi connectivity index (χ2v) is 7.38. The van der Waals surface area contributed by atoms with Gasteiger partial charge in [0.15, 0.2) is 0 Å². The summed E-state index contributed by atoms with van der Waals surface area (Å²) >= 11 is 2.28. The van der Waals surface area contributed by atoms with E-state index in [4.69, 9.17) is 0 Å². The van der Waals surface area contributed by atoms with E-state index in [0.29, 0.717) is 15.0 Å². The number of rotatable bonds is 4. The van der Waals surface area contributed by atoms with Gasteiger partial charge in [-0.15, -0.1) is 0 Å². The Kier molecular flexibility index (Phi) is 3.55. The molecule has 0 N–H and O–H groups in total. The maximum atomic E-state index is 4.23.